The van der Waals surface area contributed by atoms with Gasteiger partial charge in [0, 0.05) is 41.6 Å². The maximum Gasteiger partial charge on any atom is 0.387 e. The van der Waals surface area contributed by atoms with Gasteiger partial charge in [-0.1, -0.05) is 0 Å². The van der Waals surface area contributed by atoms with Gasteiger partial charge in [-0.05, 0) is 43.4 Å². The van der Waals surface area contributed by atoms with Crippen molar-refractivity contribution in [2.45, 2.75) is 43.0 Å². The second-order valence-electron chi connectivity index (χ2n) is 8.57. The average Bonchev–Trinajstić information content (AvgIpc) is 3.47. The molecule has 3 aromatic heterocycles. The Bertz CT molecular complexity index is 1400. The van der Waals surface area contributed by atoms with Gasteiger partial charge < -0.3 is 20.5 Å². The molecule has 0 unspecified atom stereocenters. The first-order valence-electron chi connectivity index (χ1n) is 11.6. The van der Waals surface area contributed by atoms with E-state index in [0.717, 1.165) is 4.90 Å². The van der Waals surface area contributed by atoms with Gasteiger partial charge in [0.05, 0.1) is 24.5 Å². The lowest BCUT2D eigenvalue weighted by Crippen LogP contribution is -2.45. The fourth-order valence-corrected chi connectivity index (χ4v) is 4.60. The van der Waals surface area contributed by atoms with E-state index in [1.54, 1.807) is 41.5 Å². The Morgan fingerprint density at radius 1 is 1.35 bits per heavy atom. The first-order valence-corrected chi connectivity index (χ1v) is 12.9. The Morgan fingerprint density at radius 3 is 2.95 bits per heavy atom. The Labute approximate surface area is 215 Å². The minimum absolute atomic E-state index is 0.0484. The van der Waals surface area contributed by atoms with Crippen molar-refractivity contribution in [3.63, 3.8) is 0 Å². The molecule has 5 rings (SSSR count). The molecule has 0 atom stereocenters. The topological polar surface area (TPSA) is 119 Å². The number of aliphatic hydroxyl groups is 1. The summed E-state index contributed by atoms with van der Waals surface area (Å²) >= 11 is 1.44. The van der Waals surface area contributed by atoms with Gasteiger partial charge >= 0.3 is 6.61 Å². The first kappa shape index (κ1) is 25.1. The number of thioether (sulfide) groups is 1. The molecule has 1 amide bonds. The van der Waals surface area contributed by atoms with Gasteiger partial charge in [-0.25, -0.2) is 9.50 Å². The van der Waals surface area contributed by atoms with Crippen LogP contribution in [-0.2, 0) is 6.54 Å². The van der Waals surface area contributed by atoms with Crippen molar-refractivity contribution in [3.8, 4) is 17.0 Å². The highest BCUT2D eigenvalue weighted by atomic mass is 32.2. The molecule has 0 aliphatic heterocycles. The number of benzene rings is 1. The average molecular weight is 530 g/mol. The molecule has 37 heavy (non-hydrogen) atoms. The minimum atomic E-state index is -3.02. The molecule has 1 aliphatic carbocycles. The summed E-state index contributed by atoms with van der Waals surface area (Å²) in [6, 6.07) is 6.80. The highest BCUT2D eigenvalue weighted by molar-refractivity contribution is 7.98. The maximum absolute atomic E-state index is 13.2. The molecule has 1 aromatic carbocycles. The fraction of sp³-hybridized carbons (Fsp3) is 0.333. The van der Waals surface area contributed by atoms with Gasteiger partial charge in [0.2, 0.25) is 0 Å². The molecule has 4 aromatic rings. The molecular weight excluding hydrogens is 504 g/mol. The number of nitrogens with zero attached hydrogens (tertiary/aromatic N) is 5. The molecule has 1 aliphatic rings. The zero-order valence-electron chi connectivity index (χ0n) is 19.8. The van der Waals surface area contributed by atoms with Crippen molar-refractivity contribution in [2.75, 3.05) is 18.1 Å². The van der Waals surface area contributed by atoms with Gasteiger partial charge in [0.15, 0.2) is 5.65 Å². The summed E-state index contributed by atoms with van der Waals surface area (Å²) in [6.45, 7) is -1.98. The van der Waals surface area contributed by atoms with Crippen LogP contribution in [0.2, 0.25) is 0 Å². The highest BCUT2D eigenvalue weighted by Gasteiger charge is 2.26. The standard InChI is InChI=1S/C24H25F2N7O3S/c1-37-16-3-4-20(36-24(25)26)17(11-16)21-19(13-32(31-21)8-6-27-14-9-15(34)10-14)30-23(35)18-12-29-33-7-2-5-28-22(18)33/h2-5,7,11-15,24,27,34H,6,8-10H2,1H3,(H,30,35). The minimum Gasteiger partial charge on any atom is -0.434 e. The van der Waals surface area contributed by atoms with Crippen LogP contribution in [0, 0.1) is 0 Å². The van der Waals surface area contributed by atoms with Gasteiger partial charge in [-0.15, -0.1) is 11.8 Å². The normalized spacial score (nSPS) is 17.2. The molecule has 1 saturated carbocycles. The fourth-order valence-electron chi connectivity index (χ4n) is 4.16. The summed E-state index contributed by atoms with van der Waals surface area (Å²) in [6.07, 6.45) is 9.33. The smallest absolute Gasteiger partial charge is 0.387 e. The van der Waals surface area contributed by atoms with Crippen LogP contribution in [0.5, 0.6) is 5.75 Å². The monoisotopic (exact) mass is 529 g/mol. The van der Waals surface area contributed by atoms with E-state index in [2.05, 4.69) is 25.8 Å². The molecule has 10 nitrogen and oxygen atoms in total. The number of fused-ring (bicyclic) bond motifs is 1. The number of carbonyl (C=O) groups excluding carboxylic acids is 1. The second kappa shape index (κ2) is 10.8. The summed E-state index contributed by atoms with van der Waals surface area (Å²) in [5, 5.41) is 24.5. The van der Waals surface area contributed by atoms with Crippen LogP contribution in [-0.4, -0.2) is 67.0 Å². The molecule has 3 N–H and O–H groups in total. The van der Waals surface area contributed by atoms with Crippen LogP contribution in [0.15, 0.2) is 53.9 Å². The molecule has 0 bridgehead atoms. The predicted molar refractivity (Wildman–Crippen MR) is 134 cm³/mol. The Kier molecular flexibility index (Phi) is 7.35. The predicted octanol–water partition coefficient (Wildman–Crippen LogP) is 3.28. The van der Waals surface area contributed by atoms with Crippen molar-refractivity contribution in [1.29, 1.82) is 0 Å². The largest absolute Gasteiger partial charge is 0.434 e. The van der Waals surface area contributed by atoms with Crippen LogP contribution < -0.4 is 15.4 Å². The Balaban J connectivity index is 1.47. The van der Waals surface area contributed by atoms with Gasteiger partial charge in [-0.2, -0.15) is 19.0 Å². The number of alkyl halides is 2. The zero-order chi connectivity index (χ0) is 25.9. The quantitative estimate of drug-likeness (QED) is 0.268. The Morgan fingerprint density at radius 2 is 2.19 bits per heavy atom. The van der Waals surface area contributed by atoms with Crippen LogP contribution in [0.1, 0.15) is 23.2 Å². The third kappa shape index (κ3) is 5.58. The molecule has 1 fully saturated rings. The van der Waals surface area contributed by atoms with Crippen LogP contribution in [0.3, 0.4) is 0 Å². The van der Waals surface area contributed by atoms with Gasteiger partial charge in [-0.3, -0.25) is 9.48 Å². The number of nitrogens with one attached hydrogen (secondary N) is 2. The highest BCUT2D eigenvalue weighted by Crippen LogP contribution is 2.37. The van der Waals surface area contributed by atoms with Crippen molar-refractivity contribution in [1.82, 2.24) is 29.7 Å². The number of aromatic nitrogens is 5. The van der Waals surface area contributed by atoms with E-state index >= 15 is 0 Å². The third-order valence-electron chi connectivity index (χ3n) is 6.08. The molecule has 194 valence electrons. The SMILES string of the molecule is CSc1ccc(OC(F)F)c(-c2nn(CCNC3CC(O)C3)cc2NC(=O)c2cnn3cccnc23)c1. The number of anilines is 1. The number of amides is 1. The van der Waals surface area contributed by atoms with Crippen LogP contribution in [0.4, 0.5) is 14.5 Å². The number of carbonyl (C=O) groups is 1. The van der Waals surface area contributed by atoms with E-state index in [-0.39, 0.29) is 23.5 Å². The van der Waals surface area contributed by atoms with E-state index < -0.39 is 12.5 Å². The number of hydrogen-bond donors (Lipinski definition) is 3. The second-order valence-corrected chi connectivity index (χ2v) is 9.45. The summed E-state index contributed by atoms with van der Waals surface area (Å²) in [7, 11) is 0. The van der Waals surface area contributed by atoms with Crippen LogP contribution in [0.25, 0.3) is 16.9 Å². The first-order chi connectivity index (χ1) is 17.9. The number of rotatable bonds is 10. The third-order valence-corrected chi connectivity index (χ3v) is 6.80. The number of halogens is 2. The van der Waals surface area contributed by atoms with Crippen LogP contribution >= 0.6 is 11.8 Å². The molecular formula is C24H25F2N7O3S. The number of hydrogen-bond acceptors (Lipinski definition) is 8. The summed E-state index contributed by atoms with van der Waals surface area (Å²) in [5.41, 5.74) is 1.59. The maximum atomic E-state index is 13.2. The molecule has 0 spiro atoms. The van der Waals surface area contributed by atoms with Gasteiger partial charge in [0.1, 0.15) is 17.0 Å². The number of ether oxygens (including phenoxy) is 1. The van der Waals surface area contributed by atoms with E-state index in [1.165, 1.54) is 28.5 Å². The Hall–Kier alpha value is -3.55. The van der Waals surface area contributed by atoms with Crippen molar-refractivity contribution >= 4 is 29.0 Å². The van der Waals surface area contributed by atoms with Gasteiger partial charge in [0.25, 0.3) is 5.91 Å². The van der Waals surface area contributed by atoms with Crippen molar-refractivity contribution < 1.29 is 23.4 Å². The summed E-state index contributed by atoms with van der Waals surface area (Å²) < 4.78 is 34.3. The van der Waals surface area contributed by atoms with Crippen molar-refractivity contribution in [2.24, 2.45) is 0 Å². The lowest BCUT2D eigenvalue weighted by Gasteiger charge is -2.32. The van der Waals surface area contributed by atoms with Crippen molar-refractivity contribution in [3.05, 3.63) is 54.6 Å². The lowest BCUT2D eigenvalue weighted by molar-refractivity contribution is -0.0494. The summed E-state index contributed by atoms with van der Waals surface area (Å²) in [5.74, 6) is -0.513. The zero-order valence-corrected chi connectivity index (χ0v) is 20.7. The van der Waals surface area contributed by atoms with E-state index in [0.29, 0.717) is 48.5 Å². The molecule has 0 radical (unpaired) electrons. The molecule has 13 heteroatoms. The van der Waals surface area contributed by atoms with E-state index in [1.807, 2.05) is 6.26 Å². The summed E-state index contributed by atoms with van der Waals surface area (Å²) in [4.78, 5) is 18.3. The van der Waals surface area contributed by atoms with E-state index in [9.17, 15) is 18.7 Å². The lowest BCUT2D eigenvalue weighted by atomic mass is 9.90. The molecule has 0 saturated heterocycles. The number of aliphatic hydroxyl groups excluding tert-OH is 1. The molecule has 3 heterocycles. The van der Waals surface area contributed by atoms with E-state index in [4.69, 9.17) is 4.74 Å².